The number of unbranched alkanes of at least 4 members (excludes halogenated alkanes) is 6. The molecule has 0 radical (unpaired) electrons. The van der Waals surface area contributed by atoms with Gasteiger partial charge in [-0.25, -0.2) is 0 Å². The van der Waals surface area contributed by atoms with Crippen LogP contribution in [0.2, 0.25) is 0 Å². The zero-order chi connectivity index (χ0) is 14.1. The lowest BCUT2D eigenvalue weighted by molar-refractivity contribution is -0.172. The van der Waals surface area contributed by atoms with Crippen molar-refractivity contribution in [2.45, 2.75) is 83.5 Å². The van der Waals surface area contributed by atoms with Crippen molar-refractivity contribution in [1.82, 2.24) is 0 Å². The van der Waals surface area contributed by atoms with Gasteiger partial charge in [0.25, 0.3) is 0 Å². The van der Waals surface area contributed by atoms with Crippen LogP contribution in [-0.2, 0) is 9.47 Å². The Morgan fingerprint density at radius 2 is 1.74 bits per heavy atom. The van der Waals surface area contributed by atoms with Crippen molar-refractivity contribution in [2.75, 3.05) is 13.7 Å². The molecule has 1 saturated heterocycles. The summed E-state index contributed by atoms with van der Waals surface area (Å²) in [6, 6.07) is 0. The lowest BCUT2D eigenvalue weighted by Gasteiger charge is -2.38. The third-order valence-corrected chi connectivity index (χ3v) is 4.22. The maximum atomic E-state index is 10.2. The first kappa shape index (κ1) is 16.9. The Morgan fingerprint density at radius 1 is 1.11 bits per heavy atom. The van der Waals surface area contributed by atoms with Gasteiger partial charge in [0.15, 0.2) is 0 Å². The van der Waals surface area contributed by atoms with E-state index in [4.69, 9.17) is 9.47 Å². The fourth-order valence-electron chi connectivity index (χ4n) is 2.95. The average molecular weight is 272 g/mol. The van der Waals surface area contributed by atoms with Crippen LogP contribution >= 0.6 is 0 Å². The monoisotopic (exact) mass is 272 g/mol. The summed E-state index contributed by atoms with van der Waals surface area (Å²) in [4.78, 5) is 0. The average Bonchev–Trinajstić information content (AvgIpc) is 2.40. The summed E-state index contributed by atoms with van der Waals surface area (Å²) in [5, 5.41) is 10.2. The number of methoxy groups -OCH3 is 1. The quantitative estimate of drug-likeness (QED) is 0.652. The number of hydrogen-bond donors (Lipinski definition) is 1. The van der Waals surface area contributed by atoms with Crippen LogP contribution in [0.15, 0.2) is 0 Å². The van der Waals surface area contributed by atoms with Gasteiger partial charge in [0.1, 0.15) is 6.10 Å². The van der Waals surface area contributed by atoms with Gasteiger partial charge in [0.2, 0.25) is 0 Å². The van der Waals surface area contributed by atoms with Crippen molar-refractivity contribution in [3.05, 3.63) is 0 Å². The molecule has 0 saturated carbocycles. The predicted octanol–water partition coefficient (Wildman–Crippen LogP) is 3.54. The van der Waals surface area contributed by atoms with E-state index in [2.05, 4.69) is 13.8 Å². The van der Waals surface area contributed by atoms with Crippen LogP contribution in [0.1, 0.15) is 65.2 Å². The first-order chi connectivity index (χ1) is 9.20. The van der Waals surface area contributed by atoms with E-state index in [1.54, 1.807) is 7.11 Å². The first-order valence-electron chi connectivity index (χ1n) is 8.03. The second kappa shape index (κ2) is 9.73. The summed E-state index contributed by atoms with van der Waals surface area (Å²) < 4.78 is 11.1. The Kier molecular flexibility index (Phi) is 8.67. The first-order valence-corrected chi connectivity index (χ1v) is 8.03. The number of rotatable bonds is 9. The van der Waals surface area contributed by atoms with Crippen molar-refractivity contribution in [2.24, 2.45) is 5.92 Å². The third kappa shape index (κ3) is 5.80. The fourth-order valence-corrected chi connectivity index (χ4v) is 2.95. The Hall–Kier alpha value is -0.120. The molecule has 0 spiro atoms. The summed E-state index contributed by atoms with van der Waals surface area (Å²) in [6.45, 7) is 5.02. The van der Waals surface area contributed by atoms with Crippen LogP contribution in [-0.4, -0.2) is 37.1 Å². The van der Waals surface area contributed by atoms with E-state index < -0.39 is 6.10 Å². The molecular formula is C16H32O3. The van der Waals surface area contributed by atoms with E-state index in [0.29, 0.717) is 6.61 Å². The minimum absolute atomic E-state index is 0.0307. The molecule has 1 rings (SSSR count). The second-order valence-corrected chi connectivity index (χ2v) is 5.95. The van der Waals surface area contributed by atoms with Crippen molar-refractivity contribution in [3.63, 3.8) is 0 Å². The van der Waals surface area contributed by atoms with Crippen LogP contribution in [0.4, 0.5) is 0 Å². The molecule has 1 N–H and O–H groups in total. The van der Waals surface area contributed by atoms with Crippen molar-refractivity contribution in [1.29, 1.82) is 0 Å². The van der Waals surface area contributed by atoms with Gasteiger partial charge in [-0.05, 0) is 6.42 Å². The molecule has 19 heavy (non-hydrogen) atoms. The molecule has 1 heterocycles. The molecule has 0 amide bonds. The highest BCUT2D eigenvalue weighted by atomic mass is 16.5. The Morgan fingerprint density at radius 3 is 2.37 bits per heavy atom. The van der Waals surface area contributed by atoms with Gasteiger partial charge < -0.3 is 14.6 Å². The van der Waals surface area contributed by atoms with E-state index in [-0.39, 0.29) is 18.1 Å². The molecule has 114 valence electrons. The number of aliphatic hydroxyl groups excluding tert-OH is 1. The summed E-state index contributed by atoms with van der Waals surface area (Å²) in [6.07, 6.45) is 9.49. The van der Waals surface area contributed by atoms with Gasteiger partial charge in [-0.3, -0.25) is 0 Å². The molecule has 0 aromatic heterocycles. The topological polar surface area (TPSA) is 38.7 Å². The zero-order valence-electron chi connectivity index (χ0n) is 12.9. The minimum atomic E-state index is -0.464. The molecule has 0 bridgehead atoms. The summed E-state index contributed by atoms with van der Waals surface area (Å²) in [5.74, 6) is 0.283. The molecular weight excluding hydrogens is 240 g/mol. The zero-order valence-corrected chi connectivity index (χ0v) is 12.9. The Balaban J connectivity index is 2.12. The molecule has 0 aromatic carbocycles. The maximum absolute atomic E-state index is 10.2. The lowest BCUT2D eigenvalue weighted by atomic mass is 9.91. The van der Waals surface area contributed by atoms with E-state index in [9.17, 15) is 5.11 Å². The lowest BCUT2D eigenvalue weighted by Crippen LogP contribution is -2.50. The van der Waals surface area contributed by atoms with E-state index in [0.717, 1.165) is 12.8 Å². The highest BCUT2D eigenvalue weighted by Gasteiger charge is 2.36. The molecule has 1 fully saturated rings. The Bertz CT molecular complexity index is 220. The summed E-state index contributed by atoms with van der Waals surface area (Å²) in [5.41, 5.74) is 0. The summed E-state index contributed by atoms with van der Waals surface area (Å²) in [7, 11) is 1.68. The van der Waals surface area contributed by atoms with Crippen LogP contribution in [0, 0.1) is 5.92 Å². The molecule has 3 nitrogen and oxygen atoms in total. The van der Waals surface area contributed by atoms with E-state index in [1.807, 2.05) is 0 Å². The van der Waals surface area contributed by atoms with Crippen LogP contribution in [0.3, 0.4) is 0 Å². The van der Waals surface area contributed by atoms with E-state index >= 15 is 0 Å². The largest absolute Gasteiger partial charge is 0.388 e. The predicted molar refractivity (Wildman–Crippen MR) is 78.3 cm³/mol. The Labute approximate surface area is 118 Å². The number of hydrogen-bond acceptors (Lipinski definition) is 3. The number of aliphatic hydroxyl groups is 1. The fraction of sp³-hybridized carbons (Fsp3) is 1.00. The van der Waals surface area contributed by atoms with Crippen LogP contribution in [0.5, 0.6) is 0 Å². The van der Waals surface area contributed by atoms with Gasteiger partial charge in [-0.2, -0.15) is 0 Å². The van der Waals surface area contributed by atoms with Gasteiger partial charge >= 0.3 is 0 Å². The van der Waals surface area contributed by atoms with Crippen molar-refractivity contribution < 1.29 is 14.6 Å². The van der Waals surface area contributed by atoms with Crippen molar-refractivity contribution in [3.8, 4) is 0 Å². The number of ether oxygens (including phenoxy) is 2. The molecule has 0 unspecified atom stereocenters. The second-order valence-electron chi connectivity index (χ2n) is 5.95. The van der Waals surface area contributed by atoms with Gasteiger partial charge in [-0.1, -0.05) is 58.8 Å². The minimum Gasteiger partial charge on any atom is -0.388 e. The maximum Gasteiger partial charge on any atom is 0.107 e. The smallest absolute Gasteiger partial charge is 0.107 e. The normalized spacial score (nSPS) is 31.6. The van der Waals surface area contributed by atoms with E-state index in [1.165, 1.54) is 38.5 Å². The highest BCUT2D eigenvalue weighted by Crippen LogP contribution is 2.25. The van der Waals surface area contributed by atoms with Gasteiger partial charge in [0, 0.05) is 13.0 Å². The molecule has 1 aliphatic rings. The van der Waals surface area contributed by atoms with Gasteiger partial charge in [-0.15, -0.1) is 0 Å². The molecule has 0 aliphatic carbocycles. The highest BCUT2D eigenvalue weighted by molar-refractivity contribution is 4.85. The van der Waals surface area contributed by atoms with Crippen LogP contribution in [0.25, 0.3) is 0 Å². The van der Waals surface area contributed by atoms with Crippen molar-refractivity contribution >= 4 is 0 Å². The molecule has 4 atom stereocenters. The SMILES string of the molecule is CCCCCCCCC[C@@H]1OC[C@H](C)[C@H](OC)[C@H]1O. The third-order valence-electron chi connectivity index (χ3n) is 4.22. The standard InChI is InChI=1S/C16H32O3/c1-4-5-6-7-8-9-10-11-14-15(17)16(18-3)13(2)12-19-14/h13-17H,4-12H2,1-3H3/t13-,14-,15-,16-/m0/s1. The summed E-state index contributed by atoms with van der Waals surface area (Å²) >= 11 is 0. The van der Waals surface area contributed by atoms with Gasteiger partial charge in [0.05, 0.1) is 18.8 Å². The molecule has 0 aromatic rings. The van der Waals surface area contributed by atoms with Crippen LogP contribution < -0.4 is 0 Å². The molecule has 3 heteroatoms. The molecule has 1 aliphatic heterocycles.